The first-order valence-corrected chi connectivity index (χ1v) is 9.44. The van der Waals surface area contributed by atoms with Crippen molar-refractivity contribution in [2.45, 2.75) is 39.3 Å². The predicted molar refractivity (Wildman–Crippen MR) is 107 cm³/mol. The number of nitrogens with one attached hydrogen (secondary N) is 1. The lowest BCUT2D eigenvalue weighted by Gasteiger charge is -2.18. The Hall–Kier alpha value is -2.86. The Morgan fingerprint density at radius 2 is 1.86 bits per heavy atom. The number of nitrogens with zero attached hydrogens (tertiary/aromatic N) is 2. The van der Waals surface area contributed by atoms with Gasteiger partial charge >= 0.3 is 0 Å². The van der Waals surface area contributed by atoms with E-state index in [9.17, 15) is 4.79 Å². The van der Waals surface area contributed by atoms with Gasteiger partial charge in [0.05, 0.1) is 11.6 Å². The quantitative estimate of drug-likeness (QED) is 0.628. The largest absolute Gasteiger partial charge is 0.481 e. The highest BCUT2D eigenvalue weighted by molar-refractivity contribution is 6.33. The van der Waals surface area contributed by atoms with Crippen LogP contribution in [0.4, 0.5) is 0 Å². The van der Waals surface area contributed by atoms with Gasteiger partial charge in [-0.1, -0.05) is 60.9 Å². The number of ether oxygens (including phenoxy) is 1. The molecule has 28 heavy (non-hydrogen) atoms. The molecule has 0 spiro atoms. The highest BCUT2D eigenvalue weighted by atomic mass is 35.5. The molecule has 0 saturated heterocycles. The Labute approximate surface area is 168 Å². The van der Waals surface area contributed by atoms with E-state index in [2.05, 4.69) is 29.3 Å². The van der Waals surface area contributed by atoms with E-state index in [1.54, 1.807) is 19.1 Å². The molecule has 1 heterocycles. The van der Waals surface area contributed by atoms with E-state index >= 15 is 0 Å². The third-order valence-electron chi connectivity index (χ3n) is 4.21. The van der Waals surface area contributed by atoms with Gasteiger partial charge in [-0.15, -0.1) is 0 Å². The van der Waals surface area contributed by atoms with E-state index in [1.165, 1.54) is 0 Å². The van der Waals surface area contributed by atoms with Crippen LogP contribution in [-0.2, 0) is 11.3 Å². The maximum Gasteiger partial charge on any atom is 0.261 e. The monoisotopic (exact) mass is 399 g/mol. The highest BCUT2D eigenvalue weighted by Crippen LogP contribution is 2.27. The minimum Gasteiger partial charge on any atom is -0.481 e. The number of hydrogen-bond acceptors (Lipinski definition) is 5. The van der Waals surface area contributed by atoms with Gasteiger partial charge in [-0.3, -0.25) is 4.79 Å². The number of para-hydroxylation sites is 1. The van der Waals surface area contributed by atoms with E-state index in [1.807, 2.05) is 36.4 Å². The molecule has 0 saturated carbocycles. The van der Waals surface area contributed by atoms with Crippen molar-refractivity contribution in [1.82, 2.24) is 15.5 Å². The van der Waals surface area contributed by atoms with Crippen LogP contribution in [0.25, 0.3) is 11.4 Å². The first-order chi connectivity index (χ1) is 13.5. The van der Waals surface area contributed by atoms with Gasteiger partial charge in [0.15, 0.2) is 6.10 Å². The van der Waals surface area contributed by atoms with Crippen molar-refractivity contribution in [2.75, 3.05) is 0 Å². The van der Waals surface area contributed by atoms with Gasteiger partial charge in [-0.25, -0.2) is 0 Å². The van der Waals surface area contributed by atoms with Crippen molar-refractivity contribution in [3.63, 3.8) is 0 Å². The zero-order chi connectivity index (χ0) is 20.1. The van der Waals surface area contributed by atoms with Crippen LogP contribution in [0, 0.1) is 0 Å². The second-order valence-electron chi connectivity index (χ2n) is 6.66. The van der Waals surface area contributed by atoms with Crippen molar-refractivity contribution in [2.24, 2.45) is 0 Å². The van der Waals surface area contributed by atoms with Crippen LogP contribution >= 0.6 is 11.6 Å². The Morgan fingerprint density at radius 3 is 2.61 bits per heavy atom. The van der Waals surface area contributed by atoms with Gasteiger partial charge in [-0.05, 0) is 36.6 Å². The number of benzene rings is 2. The zero-order valence-electron chi connectivity index (χ0n) is 16.0. The third kappa shape index (κ3) is 4.70. The lowest BCUT2D eigenvalue weighted by atomic mass is 10.0. The van der Waals surface area contributed by atoms with Crippen molar-refractivity contribution >= 4 is 17.5 Å². The Bertz CT molecular complexity index is 955. The molecule has 0 fully saturated rings. The zero-order valence-corrected chi connectivity index (χ0v) is 16.7. The normalized spacial score (nSPS) is 12.0. The van der Waals surface area contributed by atoms with Crippen LogP contribution in [-0.4, -0.2) is 22.2 Å². The van der Waals surface area contributed by atoms with Crippen molar-refractivity contribution in [1.29, 1.82) is 0 Å². The summed E-state index contributed by atoms with van der Waals surface area (Å²) < 4.78 is 11.0. The summed E-state index contributed by atoms with van der Waals surface area (Å²) in [6.45, 7) is 5.98. The van der Waals surface area contributed by atoms with Gasteiger partial charge < -0.3 is 14.6 Å². The van der Waals surface area contributed by atoms with Crippen LogP contribution in [0.1, 0.15) is 38.1 Å². The number of carbonyl (C=O) groups is 1. The van der Waals surface area contributed by atoms with E-state index in [4.69, 9.17) is 20.9 Å². The van der Waals surface area contributed by atoms with E-state index in [-0.39, 0.29) is 18.3 Å². The average Bonchev–Trinajstić information content (AvgIpc) is 3.15. The maximum atomic E-state index is 12.4. The van der Waals surface area contributed by atoms with Crippen molar-refractivity contribution in [3.8, 4) is 17.1 Å². The molecule has 1 aromatic heterocycles. The fourth-order valence-electron chi connectivity index (χ4n) is 2.69. The molecule has 146 valence electrons. The molecule has 1 atom stereocenters. The Kier molecular flexibility index (Phi) is 6.31. The topological polar surface area (TPSA) is 77.2 Å². The van der Waals surface area contributed by atoms with Gasteiger partial charge in [-0.2, -0.15) is 4.98 Å². The molecule has 0 bridgehead atoms. The third-order valence-corrected chi connectivity index (χ3v) is 4.54. The Balaban J connectivity index is 1.59. The summed E-state index contributed by atoms with van der Waals surface area (Å²) >= 11 is 6.14. The first-order valence-electron chi connectivity index (χ1n) is 9.06. The fraction of sp³-hybridized carbons (Fsp3) is 0.286. The average molecular weight is 400 g/mol. The predicted octanol–water partition coefficient (Wildman–Crippen LogP) is 4.60. The summed E-state index contributed by atoms with van der Waals surface area (Å²) in [6.07, 6.45) is -0.661. The SMILES string of the molecule is CC(C)c1ccccc1O[C@H](C)C(=O)NCc1nc(-c2ccccc2Cl)no1. The van der Waals surface area contributed by atoms with E-state index in [0.29, 0.717) is 28.1 Å². The molecule has 3 aromatic rings. The van der Waals surface area contributed by atoms with Crippen LogP contribution in [0.15, 0.2) is 53.1 Å². The standard InChI is InChI=1S/C21H22ClN3O3/c1-13(2)15-8-5-7-11-18(15)27-14(3)21(26)23-12-19-24-20(25-28-19)16-9-4-6-10-17(16)22/h4-11,13-14H,12H2,1-3H3,(H,23,26)/t14-/m1/s1. The van der Waals surface area contributed by atoms with Gasteiger partial charge in [0.1, 0.15) is 5.75 Å². The van der Waals surface area contributed by atoms with Crippen molar-refractivity contribution in [3.05, 3.63) is 65.0 Å². The Morgan fingerprint density at radius 1 is 1.14 bits per heavy atom. The lowest BCUT2D eigenvalue weighted by Crippen LogP contribution is -2.36. The first kappa shape index (κ1) is 19.9. The molecule has 0 aliphatic rings. The molecule has 0 aliphatic heterocycles. The van der Waals surface area contributed by atoms with Crippen LogP contribution in [0.5, 0.6) is 5.75 Å². The summed E-state index contributed by atoms with van der Waals surface area (Å²) in [5.41, 5.74) is 1.73. The smallest absolute Gasteiger partial charge is 0.261 e. The highest BCUT2D eigenvalue weighted by Gasteiger charge is 2.18. The summed E-state index contributed by atoms with van der Waals surface area (Å²) in [6, 6.07) is 14.9. The number of halogens is 1. The summed E-state index contributed by atoms with van der Waals surface area (Å²) in [5, 5.41) is 7.20. The van der Waals surface area contributed by atoms with Crippen molar-refractivity contribution < 1.29 is 14.1 Å². The molecule has 2 aromatic carbocycles. The second-order valence-corrected chi connectivity index (χ2v) is 7.07. The molecule has 0 aliphatic carbocycles. The molecular weight excluding hydrogens is 378 g/mol. The second kappa shape index (κ2) is 8.89. The van der Waals surface area contributed by atoms with Crippen LogP contribution < -0.4 is 10.1 Å². The summed E-state index contributed by atoms with van der Waals surface area (Å²) in [4.78, 5) is 16.7. The van der Waals surface area contributed by atoms with Gasteiger partial charge in [0.25, 0.3) is 5.91 Å². The summed E-state index contributed by atoms with van der Waals surface area (Å²) in [7, 11) is 0. The van der Waals surface area contributed by atoms with Crippen LogP contribution in [0.3, 0.4) is 0 Å². The fourth-order valence-corrected chi connectivity index (χ4v) is 2.91. The summed E-state index contributed by atoms with van der Waals surface area (Å²) in [5.74, 6) is 1.41. The molecule has 6 nitrogen and oxygen atoms in total. The number of carbonyl (C=O) groups excluding carboxylic acids is 1. The van der Waals surface area contributed by atoms with Crippen LogP contribution in [0.2, 0.25) is 5.02 Å². The maximum absolute atomic E-state index is 12.4. The molecule has 7 heteroatoms. The minimum absolute atomic E-state index is 0.107. The molecule has 3 rings (SSSR count). The molecular formula is C21H22ClN3O3. The number of hydrogen-bond donors (Lipinski definition) is 1. The van der Waals surface area contributed by atoms with Gasteiger partial charge in [0, 0.05) is 5.56 Å². The van der Waals surface area contributed by atoms with E-state index < -0.39 is 6.10 Å². The minimum atomic E-state index is -0.661. The molecule has 0 radical (unpaired) electrons. The van der Waals surface area contributed by atoms with Gasteiger partial charge in [0.2, 0.25) is 11.7 Å². The molecule has 1 N–H and O–H groups in total. The number of aromatic nitrogens is 2. The molecule has 0 unspecified atom stereocenters. The molecule has 1 amide bonds. The number of amides is 1. The van der Waals surface area contributed by atoms with E-state index in [0.717, 1.165) is 5.56 Å². The number of rotatable bonds is 7. The lowest BCUT2D eigenvalue weighted by molar-refractivity contribution is -0.127.